The molecule has 0 aliphatic rings. The highest BCUT2D eigenvalue weighted by Gasteiger charge is 2.30. The second-order valence-corrected chi connectivity index (χ2v) is 4.47. The molecular weight excluding hydrogens is 248 g/mol. The van der Waals surface area contributed by atoms with E-state index in [2.05, 4.69) is 5.32 Å². The Morgan fingerprint density at radius 2 is 1.95 bits per heavy atom. The highest BCUT2D eigenvalue weighted by molar-refractivity contribution is 5.87. The van der Waals surface area contributed by atoms with Gasteiger partial charge in [-0.1, -0.05) is 30.3 Å². The van der Waals surface area contributed by atoms with E-state index in [4.69, 9.17) is 15.9 Å². The molecule has 1 rings (SSSR count). The van der Waals surface area contributed by atoms with Crippen LogP contribution < -0.4 is 11.1 Å². The molecule has 0 saturated heterocycles. The second-order valence-electron chi connectivity index (χ2n) is 4.47. The Balaban J connectivity index is 2.56. The van der Waals surface area contributed by atoms with Gasteiger partial charge in [0.2, 0.25) is 5.91 Å². The largest absolute Gasteiger partial charge is 0.479 e. The number of carbonyl (C=O) groups is 2. The van der Waals surface area contributed by atoms with Gasteiger partial charge in [-0.3, -0.25) is 4.79 Å². The molecule has 5 N–H and O–H groups in total. The minimum absolute atomic E-state index is 0.0475. The highest BCUT2D eigenvalue weighted by Crippen LogP contribution is 2.17. The van der Waals surface area contributed by atoms with E-state index in [-0.39, 0.29) is 13.0 Å². The molecule has 104 valence electrons. The first kappa shape index (κ1) is 15.1. The SMILES string of the molecule is CC(N)(C(=O)NCCC(O)C(=O)O)c1ccccc1. The number of carboxylic acid groups (broad SMARTS) is 1. The first-order valence-corrected chi connectivity index (χ1v) is 5.89. The van der Waals surface area contributed by atoms with Crippen LogP contribution in [0.5, 0.6) is 0 Å². The Labute approximate surface area is 111 Å². The Morgan fingerprint density at radius 1 is 1.37 bits per heavy atom. The van der Waals surface area contributed by atoms with Gasteiger partial charge in [-0.15, -0.1) is 0 Å². The van der Waals surface area contributed by atoms with Crippen molar-refractivity contribution in [3.8, 4) is 0 Å². The predicted molar refractivity (Wildman–Crippen MR) is 69.3 cm³/mol. The van der Waals surface area contributed by atoms with Crippen LogP contribution in [0.2, 0.25) is 0 Å². The number of carbonyl (C=O) groups excluding carboxylic acids is 1. The molecule has 6 nitrogen and oxygen atoms in total. The highest BCUT2D eigenvalue weighted by atomic mass is 16.4. The molecule has 0 aliphatic carbocycles. The Morgan fingerprint density at radius 3 is 2.47 bits per heavy atom. The lowest BCUT2D eigenvalue weighted by molar-refractivity contribution is -0.147. The third kappa shape index (κ3) is 4.04. The van der Waals surface area contributed by atoms with Crippen molar-refractivity contribution >= 4 is 11.9 Å². The lowest BCUT2D eigenvalue weighted by Gasteiger charge is -2.24. The molecule has 1 aromatic rings. The number of nitrogens with two attached hydrogens (primary N) is 1. The number of amides is 1. The molecule has 0 aromatic heterocycles. The Bertz CT molecular complexity index is 445. The minimum atomic E-state index is -1.49. The van der Waals surface area contributed by atoms with Crippen molar-refractivity contribution < 1.29 is 19.8 Å². The standard InChI is InChI=1S/C13H18N2O4/c1-13(14,9-5-3-2-4-6-9)12(19)15-8-7-10(16)11(17)18/h2-6,10,16H,7-8,14H2,1H3,(H,15,19)(H,17,18). The average Bonchev–Trinajstić information content (AvgIpc) is 2.39. The van der Waals surface area contributed by atoms with E-state index in [0.717, 1.165) is 0 Å². The van der Waals surface area contributed by atoms with Gasteiger partial charge in [-0.2, -0.15) is 0 Å². The van der Waals surface area contributed by atoms with Crippen LogP contribution in [-0.4, -0.2) is 34.7 Å². The monoisotopic (exact) mass is 266 g/mol. The number of aliphatic hydroxyl groups excluding tert-OH is 1. The quantitative estimate of drug-likeness (QED) is 0.570. The molecule has 6 heteroatoms. The van der Waals surface area contributed by atoms with Crippen molar-refractivity contribution in [2.24, 2.45) is 5.73 Å². The van der Waals surface area contributed by atoms with Crippen LogP contribution in [0.25, 0.3) is 0 Å². The van der Waals surface area contributed by atoms with E-state index >= 15 is 0 Å². The van der Waals surface area contributed by atoms with Crippen LogP contribution in [-0.2, 0) is 15.1 Å². The maximum Gasteiger partial charge on any atom is 0.332 e. The van der Waals surface area contributed by atoms with E-state index in [0.29, 0.717) is 5.56 Å². The van der Waals surface area contributed by atoms with Crippen LogP contribution in [0, 0.1) is 0 Å². The molecule has 0 radical (unpaired) electrons. The number of carboxylic acids is 1. The molecule has 0 saturated carbocycles. The first-order chi connectivity index (χ1) is 8.85. The van der Waals surface area contributed by atoms with E-state index < -0.39 is 23.5 Å². The maximum atomic E-state index is 12.0. The summed E-state index contributed by atoms with van der Waals surface area (Å²) in [4.78, 5) is 22.4. The summed E-state index contributed by atoms with van der Waals surface area (Å²) in [7, 11) is 0. The zero-order valence-corrected chi connectivity index (χ0v) is 10.7. The molecule has 2 unspecified atom stereocenters. The van der Waals surface area contributed by atoms with Gasteiger partial charge in [0, 0.05) is 13.0 Å². The number of rotatable bonds is 6. The zero-order valence-electron chi connectivity index (χ0n) is 10.7. The lowest BCUT2D eigenvalue weighted by Crippen LogP contribution is -2.49. The van der Waals surface area contributed by atoms with Crippen molar-refractivity contribution in [3.63, 3.8) is 0 Å². The number of benzene rings is 1. The van der Waals surface area contributed by atoms with Gasteiger partial charge in [0.25, 0.3) is 0 Å². The van der Waals surface area contributed by atoms with Crippen LogP contribution in [0.4, 0.5) is 0 Å². The Hall–Kier alpha value is -1.92. The van der Waals surface area contributed by atoms with Gasteiger partial charge in [-0.25, -0.2) is 4.79 Å². The molecule has 0 fully saturated rings. The fourth-order valence-corrected chi connectivity index (χ4v) is 1.54. The topological polar surface area (TPSA) is 113 Å². The number of aliphatic hydroxyl groups is 1. The third-order valence-electron chi connectivity index (χ3n) is 2.83. The molecule has 0 heterocycles. The molecular formula is C13H18N2O4. The number of hydrogen-bond donors (Lipinski definition) is 4. The smallest absolute Gasteiger partial charge is 0.332 e. The van der Waals surface area contributed by atoms with Crippen molar-refractivity contribution in [2.45, 2.75) is 25.0 Å². The van der Waals surface area contributed by atoms with Gasteiger partial charge in [-0.05, 0) is 12.5 Å². The fourth-order valence-electron chi connectivity index (χ4n) is 1.54. The van der Waals surface area contributed by atoms with Crippen molar-refractivity contribution in [1.82, 2.24) is 5.32 Å². The van der Waals surface area contributed by atoms with Crippen molar-refractivity contribution in [3.05, 3.63) is 35.9 Å². The lowest BCUT2D eigenvalue weighted by atomic mass is 9.92. The summed E-state index contributed by atoms with van der Waals surface area (Å²) < 4.78 is 0. The third-order valence-corrected chi connectivity index (χ3v) is 2.83. The van der Waals surface area contributed by atoms with Gasteiger partial charge >= 0.3 is 5.97 Å². The molecule has 0 spiro atoms. The van der Waals surface area contributed by atoms with Gasteiger partial charge in [0.15, 0.2) is 6.10 Å². The summed E-state index contributed by atoms with van der Waals surface area (Å²) >= 11 is 0. The number of aliphatic carboxylic acids is 1. The van der Waals surface area contributed by atoms with E-state index in [1.54, 1.807) is 31.2 Å². The fraction of sp³-hybridized carbons (Fsp3) is 0.385. The molecule has 0 aliphatic heterocycles. The summed E-state index contributed by atoms with van der Waals surface area (Å²) in [6, 6.07) is 8.86. The normalized spacial score (nSPS) is 15.3. The Kier molecular flexibility index (Phi) is 5.02. The van der Waals surface area contributed by atoms with Crippen molar-refractivity contribution in [1.29, 1.82) is 0 Å². The minimum Gasteiger partial charge on any atom is -0.479 e. The van der Waals surface area contributed by atoms with E-state index in [9.17, 15) is 9.59 Å². The molecule has 2 atom stereocenters. The summed E-state index contributed by atoms with van der Waals surface area (Å²) in [5.74, 6) is -1.73. The number of hydrogen-bond acceptors (Lipinski definition) is 4. The van der Waals surface area contributed by atoms with Gasteiger partial charge < -0.3 is 21.3 Å². The summed E-state index contributed by atoms with van der Waals surface area (Å²) in [6.07, 6.45) is -1.55. The summed E-state index contributed by atoms with van der Waals surface area (Å²) in [5.41, 5.74) is 5.43. The second kappa shape index (κ2) is 6.31. The summed E-state index contributed by atoms with van der Waals surface area (Å²) in [6.45, 7) is 1.62. The van der Waals surface area contributed by atoms with E-state index in [1.807, 2.05) is 6.07 Å². The van der Waals surface area contributed by atoms with Crippen molar-refractivity contribution in [2.75, 3.05) is 6.54 Å². The molecule has 19 heavy (non-hydrogen) atoms. The van der Waals surface area contributed by atoms with Gasteiger partial charge in [0.1, 0.15) is 5.54 Å². The van der Waals surface area contributed by atoms with Crippen LogP contribution in [0.3, 0.4) is 0 Å². The zero-order chi connectivity index (χ0) is 14.5. The average molecular weight is 266 g/mol. The molecule has 1 amide bonds. The summed E-state index contributed by atoms with van der Waals surface area (Å²) in [5, 5.41) is 20.1. The molecule has 1 aromatic carbocycles. The van der Waals surface area contributed by atoms with Crippen LogP contribution >= 0.6 is 0 Å². The van der Waals surface area contributed by atoms with Crippen LogP contribution in [0.15, 0.2) is 30.3 Å². The number of nitrogens with one attached hydrogen (secondary N) is 1. The van der Waals surface area contributed by atoms with E-state index in [1.165, 1.54) is 0 Å². The van der Waals surface area contributed by atoms with Crippen LogP contribution in [0.1, 0.15) is 18.9 Å². The molecule has 0 bridgehead atoms. The maximum absolute atomic E-state index is 12.0. The first-order valence-electron chi connectivity index (χ1n) is 5.89. The van der Waals surface area contributed by atoms with Gasteiger partial charge in [0.05, 0.1) is 0 Å². The predicted octanol–water partition coefficient (Wildman–Crippen LogP) is -0.188.